The summed E-state index contributed by atoms with van der Waals surface area (Å²) >= 11 is 0. The molecule has 2 amide bonds. The molecule has 0 heterocycles. The van der Waals surface area contributed by atoms with Crippen LogP contribution in [0.1, 0.15) is 25.7 Å². The Labute approximate surface area is 134 Å². The number of anilines is 1. The first-order chi connectivity index (χ1) is 11.1. The molecular formula is C18H20N2O3. The molecule has 1 aliphatic carbocycles. The lowest BCUT2D eigenvalue weighted by Gasteiger charge is -2.27. The van der Waals surface area contributed by atoms with Gasteiger partial charge in [-0.25, -0.2) is 0 Å². The fraction of sp³-hybridized carbons (Fsp3) is 0.333. The first kappa shape index (κ1) is 15.5. The molecule has 0 spiro atoms. The van der Waals surface area contributed by atoms with Crippen molar-refractivity contribution in [2.24, 2.45) is 0 Å². The highest BCUT2D eigenvalue weighted by atomic mass is 16.3. The number of rotatable bonds is 2. The number of carbonyl (C=O) groups excluding carboxylic acids is 2. The predicted molar refractivity (Wildman–Crippen MR) is 89.0 cm³/mol. The summed E-state index contributed by atoms with van der Waals surface area (Å²) in [7, 11) is 0. The maximum absolute atomic E-state index is 12.0. The van der Waals surface area contributed by atoms with Crippen LogP contribution in [0.3, 0.4) is 0 Å². The Balaban J connectivity index is 1.64. The standard InChI is InChI=1S/C18H20N2O3/c21-16-8-4-3-7-15(16)20-18(23)17(22)19-14-10-9-12-5-1-2-6-13(12)11-14/h1-2,5-6,9-11,15-16,21H,3-4,7-8H2,(H,19,22)(H,20,23). The molecule has 1 saturated carbocycles. The first-order valence-electron chi connectivity index (χ1n) is 7.92. The van der Waals surface area contributed by atoms with E-state index in [1.807, 2.05) is 36.4 Å². The normalized spacial score (nSPS) is 20.9. The van der Waals surface area contributed by atoms with E-state index in [4.69, 9.17) is 0 Å². The molecule has 1 aliphatic rings. The summed E-state index contributed by atoms with van der Waals surface area (Å²) in [6, 6.07) is 13.0. The van der Waals surface area contributed by atoms with E-state index in [1.54, 1.807) is 6.07 Å². The summed E-state index contributed by atoms with van der Waals surface area (Å²) in [5.41, 5.74) is 0.577. The van der Waals surface area contributed by atoms with E-state index in [0.717, 1.165) is 23.6 Å². The number of nitrogens with one attached hydrogen (secondary N) is 2. The van der Waals surface area contributed by atoms with E-state index >= 15 is 0 Å². The number of aliphatic hydroxyl groups is 1. The second-order valence-electron chi connectivity index (χ2n) is 5.95. The van der Waals surface area contributed by atoms with Crippen molar-refractivity contribution in [1.82, 2.24) is 5.32 Å². The second kappa shape index (κ2) is 6.79. The fourth-order valence-corrected chi connectivity index (χ4v) is 2.97. The molecule has 0 radical (unpaired) electrons. The van der Waals surface area contributed by atoms with Crippen molar-refractivity contribution >= 4 is 28.3 Å². The Kier molecular flexibility index (Phi) is 4.57. The molecule has 23 heavy (non-hydrogen) atoms. The van der Waals surface area contributed by atoms with Crippen molar-refractivity contribution < 1.29 is 14.7 Å². The summed E-state index contributed by atoms with van der Waals surface area (Å²) < 4.78 is 0. The van der Waals surface area contributed by atoms with Gasteiger partial charge in [-0.3, -0.25) is 9.59 Å². The minimum absolute atomic E-state index is 0.335. The van der Waals surface area contributed by atoms with Crippen LogP contribution in [0.5, 0.6) is 0 Å². The summed E-state index contributed by atoms with van der Waals surface area (Å²) in [5, 5.41) is 17.2. The van der Waals surface area contributed by atoms with Gasteiger partial charge in [-0.05, 0) is 35.7 Å². The Bertz CT molecular complexity index is 729. The number of amides is 2. The molecule has 0 aromatic heterocycles. The van der Waals surface area contributed by atoms with E-state index in [9.17, 15) is 14.7 Å². The largest absolute Gasteiger partial charge is 0.391 e. The minimum atomic E-state index is -0.710. The van der Waals surface area contributed by atoms with Crippen LogP contribution >= 0.6 is 0 Å². The zero-order valence-electron chi connectivity index (χ0n) is 12.8. The molecule has 2 unspecified atom stereocenters. The van der Waals surface area contributed by atoms with Gasteiger partial charge in [-0.15, -0.1) is 0 Å². The van der Waals surface area contributed by atoms with Gasteiger partial charge in [0.25, 0.3) is 0 Å². The number of benzene rings is 2. The number of fused-ring (bicyclic) bond motifs is 1. The second-order valence-corrected chi connectivity index (χ2v) is 5.95. The lowest BCUT2D eigenvalue weighted by atomic mass is 9.92. The monoisotopic (exact) mass is 312 g/mol. The van der Waals surface area contributed by atoms with Crippen molar-refractivity contribution in [2.45, 2.75) is 37.8 Å². The van der Waals surface area contributed by atoms with Crippen LogP contribution in [0.4, 0.5) is 5.69 Å². The highest BCUT2D eigenvalue weighted by molar-refractivity contribution is 6.39. The molecule has 0 saturated heterocycles. The van der Waals surface area contributed by atoms with E-state index in [1.165, 1.54) is 0 Å². The molecule has 120 valence electrons. The Morgan fingerprint density at radius 2 is 1.70 bits per heavy atom. The van der Waals surface area contributed by atoms with Crippen molar-refractivity contribution in [3.8, 4) is 0 Å². The highest BCUT2D eigenvalue weighted by Crippen LogP contribution is 2.20. The van der Waals surface area contributed by atoms with Gasteiger partial charge in [-0.2, -0.15) is 0 Å². The quantitative estimate of drug-likeness (QED) is 0.744. The van der Waals surface area contributed by atoms with Crippen LogP contribution in [-0.4, -0.2) is 29.1 Å². The summed E-state index contributed by atoms with van der Waals surface area (Å²) in [6.07, 6.45) is 2.71. The molecule has 3 rings (SSSR count). The van der Waals surface area contributed by atoms with E-state index in [2.05, 4.69) is 10.6 Å². The Hall–Kier alpha value is -2.40. The Morgan fingerprint density at radius 3 is 2.48 bits per heavy atom. The number of aliphatic hydroxyl groups excluding tert-OH is 1. The van der Waals surface area contributed by atoms with Crippen LogP contribution < -0.4 is 10.6 Å². The van der Waals surface area contributed by atoms with Gasteiger partial charge in [0.1, 0.15) is 0 Å². The average molecular weight is 312 g/mol. The zero-order valence-corrected chi connectivity index (χ0v) is 12.8. The molecule has 2 aromatic carbocycles. The summed E-state index contributed by atoms with van der Waals surface area (Å²) in [4.78, 5) is 24.0. The SMILES string of the molecule is O=C(Nc1ccc2ccccc2c1)C(=O)NC1CCCCC1O. The summed E-state index contributed by atoms with van der Waals surface area (Å²) in [5.74, 6) is -1.41. The van der Waals surface area contributed by atoms with Gasteiger partial charge in [0.05, 0.1) is 12.1 Å². The van der Waals surface area contributed by atoms with E-state index in [-0.39, 0.29) is 6.04 Å². The molecule has 2 atom stereocenters. The van der Waals surface area contributed by atoms with E-state index in [0.29, 0.717) is 18.5 Å². The van der Waals surface area contributed by atoms with Gasteiger partial charge >= 0.3 is 11.8 Å². The number of hydrogen-bond acceptors (Lipinski definition) is 3. The minimum Gasteiger partial charge on any atom is -0.391 e. The lowest BCUT2D eigenvalue weighted by molar-refractivity contribution is -0.137. The number of carbonyl (C=O) groups is 2. The van der Waals surface area contributed by atoms with Crippen molar-refractivity contribution in [3.05, 3.63) is 42.5 Å². The topological polar surface area (TPSA) is 78.4 Å². The van der Waals surface area contributed by atoms with Crippen LogP contribution in [-0.2, 0) is 9.59 Å². The van der Waals surface area contributed by atoms with Gasteiger partial charge in [0.15, 0.2) is 0 Å². The number of hydrogen-bond donors (Lipinski definition) is 3. The van der Waals surface area contributed by atoms with Crippen LogP contribution in [0.25, 0.3) is 10.8 Å². The third-order valence-electron chi connectivity index (χ3n) is 4.26. The van der Waals surface area contributed by atoms with Gasteiger partial charge in [0, 0.05) is 5.69 Å². The molecule has 5 nitrogen and oxygen atoms in total. The van der Waals surface area contributed by atoms with Gasteiger partial charge < -0.3 is 15.7 Å². The molecule has 2 aromatic rings. The summed E-state index contributed by atoms with van der Waals surface area (Å²) in [6.45, 7) is 0. The van der Waals surface area contributed by atoms with Gasteiger partial charge in [0.2, 0.25) is 0 Å². The zero-order chi connectivity index (χ0) is 16.2. The first-order valence-corrected chi connectivity index (χ1v) is 7.92. The smallest absolute Gasteiger partial charge is 0.313 e. The molecular weight excluding hydrogens is 292 g/mol. The third kappa shape index (κ3) is 3.68. The third-order valence-corrected chi connectivity index (χ3v) is 4.26. The molecule has 3 N–H and O–H groups in total. The van der Waals surface area contributed by atoms with Gasteiger partial charge in [-0.1, -0.05) is 43.2 Å². The molecule has 1 fully saturated rings. The Morgan fingerprint density at radius 1 is 0.957 bits per heavy atom. The predicted octanol–water partition coefficient (Wildman–Crippen LogP) is 2.20. The molecule has 0 bridgehead atoms. The van der Waals surface area contributed by atoms with Crippen LogP contribution in [0.15, 0.2) is 42.5 Å². The molecule has 5 heteroatoms. The van der Waals surface area contributed by atoms with E-state index < -0.39 is 17.9 Å². The maximum Gasteiger partial charge on any atom is 0.313 e. The maximum atomic E-state index is 12.0. The van der Waals surface area contributed by atoms with Crippen LogP contribution in [0, 0.1) is 0 Å². The average Bonchev–Trinajstić information content (AvgIpc) is 2.56. The highest BCUT2D eigenvalue weighted by Gasteiger charge is 2.26. The fourth-order valence-electron chi connectivity index (χ4n) is 2.97. The lowest BCUT2D eigenvalue weighted by Crippen LogP contribution is -2.48. The van der Waals surface area contributed by atoms with Crippen LogP contribution in [0.2, 0.25) is 0 Å². The van der Waals surface area contributed by atoms with Crippen molar-refractivity contribution in [2.75, 3.05) is 5.32 Å². The van der Waals surface area contributed by atoms with Crippen molar-refractivity contribution in [3.63, 3.8) is 0 Å². The van der Waals surface area contributed by atoms with Crippen molar-refractivity contribution in [1.29, 1.82) is 0 Å². The molecule has 0 aliphatic heterocycles.